The van der Waals surface area contributed by atoms with Gasteiger partial charge in [-0.05, 0) is 18.6 Å². The lowest BCUT2D eigenvalue weighted by molar-refractivity contribution is -0.143. The monoisotopic (exact) mass is 397 g/mol. The number of carbonyl (C=O) groups is 2. The van der Waals surface area contributed by atoms with E-state index in [1.54, 1.807) is 0 Å². The van der Waals surface area contributed by atoms with Crippen molar-refractivity contribution in [3.63, 3.8) is 0 Å². The molecular formula is C22H33F2NO3. The summed E-state index contributed by atoms with van der Waals surface area (Å²) in [7, 11) is 0. The second-order valence-electron chi connectivity index (χ2n) is 7.01. The zero-order chi connectivity index (χ0) is 20.6. The predicted octanol–water partition coefficient (Wildman–Crippen LogP) is 5.55. The molecular weight excluding hydrogens is 364 g/mol. The highest BCUT2D eigenvalue weighted by atomic mass is 19.1. The molecule has 1 N–H and O–H groups in total. The quantitative estimate of drug-likeness (QED) is 0.312. The highest BCUT2D eigenvalue weighted by Gasteiger charge is 2.16. The number of halogens is 2. The fourth-order valence-corrected chi connectivity index (χ4v) is 2.93. The molecule has 0 radical (unpaired) electrons. The summed E-state index contributed by atoms with van der Waals surface area (Å²) in [6.07, 6.45) is 12.0. The largest absolute Gasteiger partial charge is 0.466 e. The minimum absolute atomic E-state index is 0.0243. The second kappa shape index (κ2) is 15.0. The van der Waals surface area contributed by atoms with Gasteiger partial charge in [-0.15, -0.1) is 0 Å². The van der Waals surface area contributed by atoms with Gasteiger partial charge in [0, 0.05) is 6.54 Å². The van der Waals surface area contributed by atoms with Crippen LogP contribution in [0.1, 0.15) is 87.9 Å². The maximum Gasteiger partial charge on any atom is 0.307 e. The molecule has 0 saturated carbocycles. The average Bonchev–Trinajstić information content (AvgIpc) is 2.66. The third kappa shape index (κ3) is 10.4. The van der Waals surface area contributed by atoms with Crippen LogP contribution >= 0.6 is 0 Å². The molecule has 0 bridgehead atoms. The molecule has 1 aromatic carbocycles. The van der Waals surface area contributed by atoms with Crippen LogP contribution in [0.15, 0.2) is 18.2 Å². The minimum atomic E-state index is -0.930. The van der Waals surface area contributed by atoms with E-state index >= 15 is 0 Å². The predicted molar refractivity (Wildman–Crippen MR) is 106 cm³/mol. The molecule has 0 aliphatic carbocycles. The van der Waals surface area contributed by atoms with Crippen LogP contribution in [0.2, 0.25) is 0 Å². The molecule has 0 saturated heterocycles. The van der Waals surface area contributed by atoms with Gasteiger partial charge < -0.3 is 10.1 Å². The van der Waals surface area contributed by atoms with Gasteiger partial charge in [0.05, 0.1) is 13.0 Å². The number of hydrogen-bond acceptors (Lipinski definition) is 3. The average molecular weight is 398 g/mol. The first kappa shape index (κ1) is 24.1. The van der Waals surface area contributed by atoms with Gasteiger partial charge in [-0.3, -0.25) is 9.59 Å². The van der Waals surface area contributed by atoms with Gasteiger partial charge in [0.1, 0.15) is 17.2 Å². The number of unbranched alkanes of at least 4 members (excludes halogenated alkanes) is 9. The van der Waals surface area contributed by atoms with E-state index in [1.165, 1.54) is 51.0 Å². The summed E-state index contributed by atoms with van der Waals surface area (Å²) in [6.45, 7) is 2.56. The van der Waals surface area contributed by atoms with E-state index in [2.05, 4.69) is 12.2 Å². The van der Waals surface area contributed by atoms with E-state index in [-0.39, 0.29) is 13.0 Å². The van der Waals surface area contributed by atoms with E-state index in [0.29, 0.717) is 6.61 Å². The summed E-state index contributed by atoms with van der Waals surface area (Å²) in [5.41, 5.74) is -0.638. The first-order valence-electron chi connectivity index (χ1n) is 10.4. The van der Waals surface area contributed by atoms with E-state index < -0.39 is 29.1 Å². The van der Waals surface area contributed by atoms with Gasteiger partial charge in [-0.2, -0.15) is 0 Å². The lowest BCUT2D eigenvalue weighted by atomic mass is 10.1. The van der Waals surface area contributed by atoms with Crippen LogP contribution in [0.25, 0.3) is 0 Å². The van der Waals surface area contributed by atoms with Gasteiger partial charge >= 0.3 is 5.97 Å². The lowest BCUT2D eigenvalue weighted by Gasteiger charge is -2.08. The number of hydrogen-bond donors (Lipinski definition) is 1. The van der Waals surface area contributed by atoms with Gasteiger partial charge in [-0.25, -0.2) is 8.78 Å². The Hall–Kier alpha value is -1.98. The normalized spacial score (nSPS) is 10.7. The van der Waals surface area contributed by atoms with E-state index in [0.717, 1.165) is 31.4 Å². The summed E-state index contributed by atoms with van der Waals surface area (Å²) >= 11 is 0. The maximum atomic E-state index is 13.5. The Morgan fingerprint density at radius 2 is 1.43 bits per heavy atom. The van der Waals surface area contributed by atoms with Crippen LogP contribution in [0.4, 0.5) is 8.78 Å². The Balaban J connectivity index is 2.00. The molecule has 0 aliphatic heterocycles. The van der Waals surface area contributed by atoms with Crippen LogP contribution in [0, 0.1) is 11.6 Å². The van der Waals surface area contributed by atoms with Gasteiger partial charge in [0.25, 0.3) is 5.91 Å². The molecule has 0 atom stereocenters. The maximum absolute atomic E-state index is 13.5. The molecule has 0 aliphatic rings. The van der Waals surface area contributed by atoms with Gasteiger partial charge in [0.15, 0.2) is 0 Å². The standard InChI is InChI=1S/C22H33F2NO3/c1-2-3-4-5-6-7-8-9-10-11-17-28-20(26)15-16-25-22(27)21-18(23)13-12-14-19(21)24/h12-14H,2-11,15-17H2,1H3,(H,25,27). The molecule has 0 heterocycles. The van der Waals surface area contributed by atoms with Crippen molar-refractivity contribution in [2.45, 2.75) is 77.6 Å². The summed E-state index contributed by atoms with van der Waals surface area (Å²) in [5.74, 6) is -3.16. The number of nitrogens with one attached hydrogen (secondary N) is 1. The highest BCUT2D eigenvalue weighted by molar-refractivity contribution is 5.94. The first-order valence-corrected chi connectivity index (χ1v) is 10.4. The SMILES string of the molecule is CCCCCCCCCCCCOC(=O)CCNC(=O)c1c(F)cccc1F. The van der Waals surface area contributed by atoms with Crippen molar-refractivity contribution >= 4 is 11.9 Å². The Morgan fingerprint density at radius 1 is 0.893 bits per heavy atom. The van der Waals surface area contributed by atoms with Crippen molar-refractivity contribution in [2.24, 2.45) is 0 Å². The molecule has 1 rings (SSSR count). The third-order valence-corrected chi connectivity index (χ3v) is 4.57. The van der Waals surface area contributed by atoms with Crippen LogP contribution in [0.5, 0.6) is 0 Å². The highest BCUT2D eigenvalue weighted by Crippen LogP contribution is 2.12. The smallest absolute Gasteiger partial charge is 0.307 e. The molecule has 0 spiro atoms. The molecule has 158 valence electrons. The Kier molecular flexibility index (Phi) is 12.9. The third-order valence-electron chi connectivity index (χ3n) is 4.57. The number of esters is 1. The van der Waals surface area contributed by atoms with E-state index in [1.807, 2.05) is 0 Å². The molecule has 0 unspecified atom stereocenters. The van der Waals surface area contributed by atoms with Crippen molar-refractivity contribution in [2.75, 3.05) is 13.2 Å². The second-order valence-corrected chi connectivity index (χ2v) is 7.01. The Morgan fingerprint density at radius 3 is 2.00 bits per heavy atom. The molecule has 4 nitrogen and oxygen atoms in total. The lowest BCUT2D eigenvalue weighted by Crippen LogP contribution is -2.28. The van der Waals surface area contributed by atoms with Crippen LogP contribution in [-0.2, 0) is 9.53 Å². The summed E-state index contributed by atoms with van der Waals surface area (Å²) in [5, 5.41) is 2.33. The van der Waals surface area contributed by atoms with Crippen molar-refractivity contribution < 1.29 is 23.1 Å². The summed E-state index contributed by atoms with van der Waals surface area (Å²) in [6, 6.07) is 3.21. The first-order chi connectivity index (χ1) is 13.6. The number of ether oxygens (including phenoxy) is 1. The summed E-state index contributed by atoms with van der Waals surface area (Å²) < 4.78 is 32.1. The Labute approximate surface area is 167 Å². The van der Waals surface area contributed by atoms with Crippen molar-refractivity contribution in [1.29, 1.82) is 0 Å². The number of rotatable bonds is 15. The fraction of sp³-hybridized carbons (Fsp3) is 0.636. The Bertz CT molecular complexity index is 573. The van der Waals surface area contributed by atoms with Crippen LogP contribution in [-0.4, -0.2) is 25.0 Å². The molecule has 28 heavy (non-hydrogen) atoms. The summed E-state index contributed by atoms with van der Waals surface area (Å²) in [4.78, 5) is 23.4. The molecule has 0 fully saturated rings. The minimum Gasteiger partial charge on any atom is -0.466 e. The fourth-order valence-electron chi connectivity index (χ4n) is 2.93. The molecule has 0 aromatic heterocycles. The van der Waals surface area contributed by atoms with Crippen molar-refractivity contribution in [3.8, 4) is 0 Å². The van der Waals surface area contributed by atoms with Crippen LogP contribution < -0.4 is 5.32 Å². The molecule has 1 amide bonds. The van der Waals surface area contributed by atoms with E-state index in [4.69, 9.17) is 4.74 Å². The number of carbonyl (C=O) groups excluding carboxylic acids is 2. The van der Waals surface area contributed by atoms with Crippen molar-refractivity contribution in [1.82, 2.24) is 5.32 Å². The van der Waals surface area contributed by atoms with Gasteiger partial charge in [0.2, 0.25) is 0 Å². The molecule has 6 heteroatoms. The zero-order valence-corrected chi connectivity index (χ0v) is 16.9. The van der Waals surface area contributed by atoms with Crippen molar-refractivity contribution in [3.05, 3.63) is 35.4 Å². The van der Waals surface area contributed by atoms with Gasteiger partial charge in [-0.1, -0.05) is 70.8 Å². The molecule has 1 aromatic rings. The van der Waals surface area contributed by atoms with E-state index in [9.17, 15) is 18.4 Å². The number of amides is 1. The topological polar surface area (TPSA) is 55.4 Å². The number of benzene rings is 1. The zero-order valence-electron chi connectivity index (χ0n) is 16.9. The van der Waals surface area contributed by atoms with Crippen LogP contribution in [0.3, 0.4) is 0 Å².